The zero-order chi connectivity index (χ0) is 20.2. The van der Waals surface area contributed by atoms with Gasteiger partial charge in [0.25, 0.3) is 0 Å². The molecular weight excluding hydrogens is 364 g/mol. The lowest BCUT2D eigenvalue weighted by molar-refractivity contribution is 0.0303. The van der Waals surface area contributed by atoms with Crippen LogP contribution in [0.2, 0.25) is 0 Å². The van der Waals surface area contributed by atoms with Gasteiger partial charge in [-0.1, -0.05) is 60.7 Å². The number of hydrogen-bond acceptors (Lipinski definition) is 4. The first kappa shape index (κ1) is 20.8. The maximum Gasteiger partial charge on any atom is 0.167 e. The molecule has 0 bridgehead atoms. The van der Waals surface area contributed by atoms with Gasteiger partial charge in [-0.25, -0.2) is 0 Å². The molecule has 0 aliphatic heterocycles. The highest BCUT2D eigenvalue weighted by atomic mass is 16.5. The minimum Gasteiger partial charge on any atom is -0.491 e. The van der Waals surface area contributed by atoms with Crippen molar-refractivity contribution < 1.29 is 19.0 Å². The van der Waals surface area contributed by atoms with Crippen molar-refractivity contribution in [2.75, 3.05) is 26.4 Å². The van der Waals surface area contributed by atoms with E-state index in [0.717, 1.165) is 16.9 Å². The Morgan fingerprint density at radius 2 is 1.21 bits per heavy atom. The predicted octanol–water partition coefficient (Wildman–Crippen LogP) is 4.72. The second kappa shape index (κ2) is 11.8. The number of ether oxygens (including phenoxy) is 3. The van der Waals surface area contributed by atoms with Crippen LogP contribution in [0.3, 0.4) is 0 Å². The van der Waals surface area contributed by atoms with E-state index in [9.17, 15) is 4.79 Å². The van der Waals surface area contributed by atoms with Gasteiger partial charge in [0, 0.05) is 12.0 Å². The van der Waals surface area contributed by atoms with E-state index < -0.39 is 0 Å². The van der Waals surface area contributed by atoms with Crippen molar-refractivity contribution in [3.63, 3.8) is 0 Å². The third kappa shape index (κ3) is 7.53. The summed E-state index contributed by atoms with van der Waals surface area (Å²) in [5.74, 6) is 0.826. The van der Waals surface area contributed by atoms with E-state index in [2.05, 4.69) is 0 Å². The van der Waals surface area contributed by atoms with Gasteiger partial charge in [-0.15, -0.1) is 0 Å². The molecule has 0 radical (unpaired) electrons. The summed E-state index contributed by atoms with van der Waals surface area (Å²) in [6.45, 7) is 2.62. The van der Waals surface area contributed by atoms with Crippen molar-refractivity contribution in [2.24, 2.45) is 0 Å². The van der Waals surface area contributed by atoms with Crippen LogP contribution in [0.5, 0.6) is 5.75 Å². The molecule has 0 aliphatic carbocycles. The Morgan fingerprint density at radius 1 is 0.621 bits per heavy atom. The van der Waals surface area contributed by atoms with Gasteiger partial charge in [0.05, 0.1) is 26.4 Å². The quantitative estimate of drug-likeness (QED) is 0.331. The summed E-state index contributed by atoms with van der Waals surface area (Å²) in [6.07, 6.45) is 0.404. The number of rotatable bonds is 12. The number of hydrogen-bond donors (Lipinski definition) is 0. The summed E-state index contributed by atoms with van der Waals surface area (Å²) in [7, 11) is 0. The summed E-state index contributed by atoms with van der Waals surface area (Å²) < 4.78 is 16.7. The van der Waals surface area contributed by atoms with Crippen LogP contribution < -0.4 is 4.74 Å². The number of carbonyl (C=O) groups excluding carboxylic acids is 1. The van der Waals surface area contributed by atoms with Gasteiger partial charge in [-0.2, -0.15) is 0 Å². The molecule has 0 N–H and O–H groups in total. The molecule has 4 nitrogen and oxygen atoms in total. The molecule has 150 valence electrons. The number of carbonyl (C=O) groups is 1. The Labute approximate surface area is 172 Å². The monoisotopic (exact) mass is 390 g/mol. The Balaban J connectivity index is 1.28. The van der Waals surface area contributed by atoms with Crippen LogP contribution >= 0.6 is 0 Å². The zero-order valence-electron chi connectivity index (χ0n) is 16.5. The van der Waals surface area contributed by atoms with Gasteiger partial charge in [0.15, 0.2) is 5.78 Å². The van der Waals surface area contributed by atoms with Gasteiger partial charge >= 0.3 is 0 Å². The van der Waals surface area contributed by atoms with E-state index in [1.807, 2.05) is 72.8 Å². The number of benzene rings is 3. The van der Waals surface area contributed by atoms with Crippen LogP contribution in [-0.4, -0.2) is 32.2 Å². The van der Waals surface area contributed by atoms with E-state index in [1.165, 1.54) is 0 Å². The molecule has 0 amide bonds. The summed E-state index contributed by atoms with van der Waals surface area (Å²) in [6, 6.07) is 27.1. The normalized spacial score (nSPS) is 10.6. The Bertz CT molecular complexity index is 845. The smallest absolute Gasteiger partial charge is 0.167 e. The maximum atomic E-state index is 12.3. The molecule has 3 aromatic carbocycles. The molecule has 3 rings (SSSR count). The largest absolute Gasteiger partial charge is 0.491 e. The Hall–Kier alpha value is -2.95. The molecule has 0 unspecified atom stereocenters. The van der Waals surface area contributed by atoms with E-state index in [-0.39, 0.29) is 5.78 Å². The second-order valence-electron chi connectivity index (χ2n) is 6.61. The Morgan fingerprint density at radius 3 is 1.90 bits per heavy atom. The van der Waals surface area contributed by atoms with Gasteiger partial charge in [0.2, 0.25) is 0 Å². The molecule has 0 aromatic heterocycles. The van der Waals surface area contributed by atoms with Crippen LogP contribution in [0.4, 0.5) is 0 Å². The van der Waals surface area contributed by atoms with E-state index >= 15 is 0 Å². The average molecular weight is 390 g/mol. The van der Waals surface area contributed by atoms with Crippen molar-refractivity contribution in [1.29, 1.82) is 0 Å². The van der Waals surface area contributed by atoms with Crippen LogP contribution in [0.15, 0.2) is 84.9 Å². The fraction of sp³-hybridized carbons (Fsp3) is 0.240. The number of Topliss-reactive ketones (excluding diaryl/α,β-unsaturated/α-hetero) is 1. The van der Waals surface area contributed by atoms with Crippen LogP contribution in [0, 0.1) is 0 Å². The molecule has 0 atom stereocenters. The van der Waals surface area contributed by atoms with Gasteiger partial charge < -0.3 is 14.2 Å². The highest BCUT2D eigenvalue weighted by molar-refractivity contribution is 5.97. The molecule has 4 heteroatoms. The second-order valence-corrected chi connectivity index (χ2v) is 6.61. The molecular formula is C25H26O4. The fourth-order valence-electron chi connectivity index (χ4n) is 2.82. The minimum absolute atomic E-state index is 0.0987. The molecule has 0 saturated heterocycles. The molecule has 0 spiro atoms. The molecule has 0 saturated carbocycles. The molecule has 0 heterocycles. The topological polar surface area (TPSA) is 44.8 Å². The van der Waals surface area contributed by atoms with Crippen molar-refractivity contribution in [2.45, 2.75) is 13.0 Å². The third-order valence-electron chi connectivity index (χ3n) is 4.36. The van der Waals surface area contributed by atoms with Crippen LogP contribution in [-0.2, 0) is 22.5 Å². The minimum atomic E-state index is 0.0987. The maximum absolute atomic E-state index is 12.3. The molecule has 3 aromatic rings. The average Bonchev–Trinajstić information content (AvgIpc) is 2.77. The van der Waals surface area contributed by atoms with E-state index in [0.29, 0.717) is 45.0 Å². The fourth-order valence-corrected chi connectivity index (χ4v) is 2.82. The lowest BCUT2D eigenvalue weighted by atomic mass is 10.0. The molecule has 29 heavy (non-hydrogen) atoms. The predicted molar refractivity (Wildman–Crippen MR) is 113 cm³/mol. The van der Waals surface area contributed by atoms with Gasteiger partial charge in [-0.3, -0.25) is 4.79 Å². The lowest BCUT2D eigenvalue weighted by Crippen LogP contribution is -2.11. The first-order chi connectivity index (χ1) is 14.3. The van der Waals surface area contributed by atoms with Crippen molar-refractivity contribution in [3.05, 3.63) is 102 Å². The van der Waals surface area contributed by atoms with Gasteiger partial charge in [-0.05, 0) is 35.4 Å². The zero-order valence-corrected chi connectivity index (χ0v) is 16.5. The summed E-state index contributed by atoms with van der Waals surface area (Å²) >= 11 is 0. The first-order valence-electron chi connectivity index (χ1n) is 9.81. The highest BCUT2D eigenvalue weighted by Crippen LogP contribution is 2.14. The standard InChI is InChI=1S/C25H26O4/c26-25(19-21-7-3-1-4-8-21)23-11-13-24(14-12-23)29-18-17-27-15-16-28-20-22-9-5-2-6-10-22/h1-14H,15-20H2. The summed E-state index contributed by atoms with van der Waals surface area (Å²) in [5, 5.41) is 0. The van der Waals surface area contributed by atoms with Crippen LogP contribution in [0.25, 0.3) is 0 Å². The van der Waals surface area contributed by atoms with Gasteiger partial charge in [0.1, 0.15) is 12.4 Å². The van der Waals surface area contributed by atoms with E-state index in [4.69, 9.17) is 14.2 Å². The summed E-state index contributed by atoms with van der Waals surface area (Å²) in [4.78, 5) is 12.3. The molecule has 0 fully saturated rings. The lowest BCUT2D eigenvalue weighted by Gasteiger charge is -2.08. The van der Waals surface area contributed by atoms with Crippen molar-refractivity contribution >= 4 is 5.78 Å². The summed E-state index contributed by atoms with van der Waals surface area (Å²) in [5.41, 5.74) is 2.86. The first-order valence-corrected chi connectivity index (χ1v) is 9.81. The van der Waals surface area contributed by atoms with Crippen molar-refractivity contribution in [1.82, 2.24) is 0 Å². The molecule has 0 aliphatic rings. The third-order valence-corrected chi connectivity index (χ3v) is 4.36. The highest BCUT2D eigenvalue weighted by Gasteiger charge is 2.07. The van der Waals surface area contributed by atoms with E-state index in [1.54, 1.807) is 12.1 Å². The number of ketones is 1. The van der Waals surface area contributed by atoms with Crippen molar-refractivity contribution in [3.8, 4) is 5.75 Å². The van der Waals surface area contributed by atoms with Crippen LogP contribution in [0.1, 0.15) is 21.5 Å². The Kier molecular flexibility index (Phi) is 8.45. The SMILES string of the molecule is O=C(Cc1ccccc1)c1ccc(OCCOCCOCc2ccccc2)cc1.